The van der Waals surface area contributed by atoms with Gasteiger partial charge in [-0.25, -0.2) is 0 Å². The van der Waals surface area contributed by atoms with E-state index in [4.69, 9.17) is 5.26 Å². The zero-order chi connectivity index (χ0) is 10.8. The molecule has 1 saturated heterocycles. The lowest BCUT2D eigenvalue weighted by atomic mass is 10.1. The lowest BCUT2D eigenvalue weighted by Crippen LogP contribution is -2.27. The van der Waals surface area contributed by atoms with Crippen LogP contribution in [0.5, 0.6) is 0 Å². The van der Waals surface area contributed by atoms with Gasteiger partial charge in [-0.3, -0.25) is 4.98 Å². The number of nitriles is 1. The minimum Gasteiger partial charge on any atom is -0.366 e. The van der Waals surface area contributed by atoms with E-state index in [1.807, 2.05) is 0 Å². The summed E-state index contributed by atoms with van der Waals surface area (Å²) in [5.74, 6) is 0.701. The molecule has 2 heterocycles. The first kappa shape index (κ1) is 9.97. The quantitative estimate of drug-likeness (QED) is 0.699. The molecule has 0 radical (unpaired) electrons. The van der Waals surface area contributed by atoms with Crippen molar-refractivity contribution < 1.29 is 0 Å². The number of aromatic nitrogens is 1. The summed E-state index contributed by atoms with van der Waals surface area (Å²) >= 11 is 0. The number of hydrogen-bond acceptors (Lipinski definition) is 3. The zero-order valence-corrected chi connectivity index (χ0v) is 9.14. The van der Waals surface area contributed by atoms with Crippen molar-refractivity contribution in [3.05, 3.63) is 24.0 Å². The highest BCUT2D eigenvalue weighted by Gasteiger charge is 2.27. The maximum atomic E-state index is 9.03. The Bertz CT molecular complexity index is 394. The fourth-order valence-electron chi connectivity index (χ4n) is 2.35. The van der Waals surface area contributed by atoms with E-state index < -0.39 is 0 Å². The summed E-state index contributed by atoms with van der Waals surface area (Å²) in [5, 5.41) is 9.03. The fourth-order valence-corrected chi connectivity index (χ4v) is 2.35. The molecule has 0 aromatic carbocycles. The highest BCUT2D eigenvalue weighted by atomic mass is 15.2. The van der Waals surface area contributed by atoms with E-state index in [9.17, 15) is 0 Å². The van der Waals surface area contributed by atoms with Crippen molar-refractivity contribution in [2.45, 2.75) is 26.3 Å². The van der Waals surface area contributed by atoms with Crippen LogP contribution in [-0.4, -0.2) is 17.6 Å². The Labute approximate surface area is 90.4 Å². The highest BCUT2D eigenvalue weighted by molar-refractivity contribution is 5.58. The zero-order valence-electron chi connectivity index (χ0n) is 9.14. The number of hydrogen-bond donors (Lipinski definition) is 0. The van der Waals surface area contributed by atoms with Crippen LogP contribution in [0.2, 0.25) is 0 Å². The standard InChI is InChI=1S/C12H15N3/c1-9-5-10(2)15(8-9)12-7-14-4-3-11(12)6-13/h3-4,7,9-10H,5,8H2,1-2H3. The number of nitrogens with zero attached hydrogens (tertiary/aromatic N) is 3. The molecule has 3 heteroatoms. The predicted molar refractivity (Wildman–Crippen MR) is 59.5 cm³/mol. The van der Waals surface area contributed by atoms with Crippen molar-refractivity contribution in [2.75, 3.05) is 11.4 Å². The Balaban J connectivity index is 2.34. The topological polar surface area (TPSA) is 39.9 Å². The van der Waals surface area contributed by atoms with Gasteiger partial charge in [0.2, 0.25) is 0 Å². The summed E-state index contributed by atoms with van der Waals surface area (Å²) in [6.07, 6.45) is 4.67. The second kappa shape index (κ2) is 3.90. The highest BCUT2D eigenvalue weighted by Crippen LogP contribution is 2.30. The normalized spacial score (nSPS) is 25.3. The van der Waals surface area contributed by atoms with Gasteiger partial charge in [0.25, 0.3) is 0 Å². The summed E-state index contributed by atoms with van der Waals surface area (Å²) in [4.78, 5) is 6.39. The molecule has 1 aromatic rings. The number of rotatable bonds is 1. The molecule has 3 nitrogen and oxygen atoms in total. The molecule has 1 fully saturated rings. The Morgan fingerprint density at radius 3 is 2.93 bits per heavy atom. The molecule has 1 aliphatic heterocycles. The average Bonchev–Trinajstić information content (AvgIpc) is 2.57. The summed E-state index contributed by atoms with van der Waals surface area (Å²) in [5.41, 5.74) is 1.71. The van der Waals surface area contributed by atoms with Gasteiger partial charge in [0.1, 0.15) is 6.07 Å². The van der Waals surface area contributed by atoms with Crippen LogP contribution >= 0.6 is 0 Å². The van der Waals surface area contributed by atoms with E-state index in [0.29, 0.717) is 12.0 Å². The molecule has 15 heavy (non-hydrogen) atoms. The Morgan fingerprint density at radius 2 is 2.33 bits per heavy atom. The molecule has 0 amide bonds. The molecule has 0 saturated carbocycles. The van der Waals surface area contributed by atoms with Crippen LogP contribution in [0.25, 0.3) is 0 Å². The van der Waals surface area contributed by atoms with Crippen molar-refractivity contribution in [3.63, 3.8) is 0 Å². The molecule has 0 bridgehead atoms. The van der Waals surface area contributed by atoms with Gasteiger partial charge >= 0.3 is 0 Å². The van der Waals surface area contributed by atoms with Crippen molar-refractivity contribution in [2.24, 2.45) is 5.92 Å². The van der Waals surface area contributed by atoms with Crippen molar-refractivity contribution in [1.29, 1.82) is 5.26 Å². The largest absolute Gasteiger partial charge is 0.366 e. The van der Waals surface area contributed by atoms with Gasteiger partial charge in [-0.2, -0.15) is 5.26 Å². The Morgan fingerprint density at radius 1 is 1.53 bits per heavy atom. The molecule has 0 aliphatic carbocycles. The van der Waals surface area contributed by atoms with Gasteiger partial charge in [0.15, 0.2) is 0 Å². The van der Waals surface area contributed by atoms with E-state index in [1.165, 1.54) is 6.42 Å². The molecule has 0 spiro atoms. The van der Waals surface area contributed by atoms with Crippen LogP contribution in [0.15, 0.2) is 18.5 Å². The van der Waals surface area contributed by atoms with Crippen LogP contribution in [0.3, 0.4) is 0 Å². The lowest BCUT2D eigenvalue weighted by molar-refractivity contribution is 0.625. The first-order valence-electron chi connectivity index (χ1n) is 5.33. The molecule has 1 aromatic heterocycles. The van der Waals surface area contributed by atoms with Gasteiger partial charge in [0.05, 0.1) is 17.4 Å². The molecule has 2 unspecified atom stereocenters. The van der Waals surface area contributed by atoms with Gasteiger partial charge in [-0.15, -0.1) is 0 Å². The number of pyridine rings is 1. The maximum absolute atomic E-state index is 9.03. The molecule has 1 aliphatic rings. The van der Waals surface area contributed by atoms with Gasteiger partial charge in [0, 0.05) is 18.8 Å². The van der Waals surface area contributed by atoms with E-state index in [2.05, 4.69) is 29.8 Å². The van der Waals surface area contributed by atoms with Crippen LogP contribution < -0.4 is 4.90 Å². The molecule has 2 rings (SSSR count). The second-order valence-corrected chi connectivity index (χ2v) is 4.35. The summed E-state index contributed by atoms with van der Waals surface area (Å²) in [6.45, 7) is 5.48. The van der Waals surface area contributed by atoms with Crippen LogP contribution in [-0.2, 0) is 0 Å². The van der Waals surface area contributed by atoms with E-state index in [-0.39, 0.29) is 0 Å². The van der Waals surface area contributed by atoms with E-state index in [0.717, 1.165) is 17.8 Å². The van der Waals surface area contributed by atoms with Crippen LogP contribution in [0, 0.1) is 17.2 Å². The minimum absolute atomic E-state index is 0.510. The first-order chi connectivity index (χ1) is 7.22. The van der Waals surface area contributed by atoms with E-state index in [1.54, 1.807) is 18.5 Å². The third kappa shape index (κ3) is 1.80. The molecule has 0 N–H and O–H groups in total. The monoisotopic (exact) mass is 201 g/mol. The molecular formula is C12H15N3. The average molecular weight is 201 g/mol. The van der Waals surface area contributed by atoms with Crippen molar-refractivity contribution >= 4 is 5.69 Å². The lowest BCUT2D eigenvalue weighted by Gasteiger charge is -2.24. The van der Waals surface area contributed by atoms with Crippen LogP contribution in [0.4, 0.5) is 5.69 Å². The molecule has 2 atom stereocenters. The first-order valence-corrected chi connectivity index (χ1v) is 5.33. The second-order valence-electron chi connectivity index (χ2n) is 4.35. The smallest absolute Gasteiger partial charge is 0.101 e. The van der Waals surface area contributed by atoms with Crippen molar-refractivity contribution in [3.8, 4) is 6.07 Å². The maximum Gasteiger partial charge on any atom is 0.101 e. The number of anilines is 1. The van der Waals surface area contributed by atoms with Gasteiger partial charge in [-0.05, 0) is 25.3 Å². The molecule has 78 valence electrons. The third-order valence-corrected chi connectivity index (χ3v) is 3.01. The third-order valence-electron chi connectivity index (χ3n) is 3.01. The van der Waals surface area contributed by atoms with Gasteiger partial charge in [-0.1, -0.05) is 6.92 Å². The summed E-state index contributed by atoms with van der Waals surface area (Å²) < 4.78 is 0. The Kier molecular flexibility index (Phi) is 2.59. The van der Waals surface area contributed by atoms with Gasteiger partial charge < -0.3 is 4.90 Å². The van der Waals surface area contributed by atoms with Crippen LogP contribution in [0.1, 0.15) is 25.8 Å². The summed E-state index contributed by atoms with van der Waals surface area (Å²) in [7, 11) is 0. The molecular weight excluding hydrogens is 186 g/mol. The summed E-state index contributed by atoms with van der Waals surface area (Å²) in [6, 6.07) is 4.52. The predicted octanol–water partition coefficient (Wildman–Crippen LogP) is 2.19. The fraction of sp³-hybridized carbons (Fsp3) is 0.500. The Hall–Kier alpha value is -1.56. The van der Waals surface area contributed by atoms with Crippen molar-refractivity contribution in [1.82, 2.24) is 4.98 Å². The van der Waals surface area contributed by atoms with E-state index >= 15 is 0 Å². The minimum atomic E-state index is 0.510. The SMILES string of the molecule is CC1CC(C)N(c2cnccc2C#N)C1.